The highest BCUT2D eigenvalue weighted by Gasteiger charge is 2.29. The first-order valence-electron chi connectivity index (χ1n) is 7.68. The van der Waals surface area contributed by atoms with Gasteiger partial charge < -0.3 is 11.1 Å². The fourth-order valence-electron chi connectivity index (χ4n) is 3.04. The Morgan fingerprint density at radius 1 is 1.30 bits per heavy atom. The number of benzene rings is 1. The van der Waals surface area contributed by atoms with E-state index >= 15 is 0 Å². The van der Waals surface area contributed by atoms with Gasteiger partial charge in [0.1, 0.15) is 0 Å². The van der Waals surface area contributed by atoms with Crippen LogP contribution in [0.4, 0.5) is 0 Å². The van der Waals surface area contributed by atoms with Gasteiger partial charge in [-0.1, -0.05) is 57.0 Å². The zero-order valence-corrected chi connectivity index (χ0v) is 12.5. The lowest BCUT2D eigenvalue weighted by Gasteiger charge is -2.35. The van der Waals surface area contributed by atoms with Crippen molar-refractivity contribution in [2.75, 3.05) is 0 Å². The molecule has 3 nitrogen and oxygen atoms in total. The smallest absolute Gasteiger partial charge is 0.237 e. The highest BCUT2D eigenvalue weighted by molar-refractivity contribution is 5.82. The maximum atomic E-state index is 12.2. The molecule has 110 valence electrons. The molecule has 0 heterocycles. The molecule has 1 amide bonds. The second-order valence-corrected chi connectivity index (χ2v) is 6.18. The van der Waals surface area contributed by atoms with Crippen molar-refractivity contribution >= 4 is 5.91 Å². The number of carbonyl (C=O) groups is 1. The lowest BCUT2D eigenvalue weighted by molar-refractivity contribution is -0.123. The molecule has 0 aromatic heterocycles. The van der Waals surface area contributed by atoms with Crippen molar-refractivity contribution in [1.29, 1.82) is 0 Å². The summed E-state index contributed by atoms with van der Waals surface area (Å²) in [4.78, 5) is 12.2. The lowest BCUT2D eigenvalue weighted by atomic mass is 9.78. The van der Waals surface area contributed by atoms with Crippen LogP contribution in [0.15, 0.2) is 30.3 Å². The molecule has 0 aliphatic heterocycles. The Morgan fingerprint density at radius 2 is 2.00 bits per heavy atom. The average molecular weight is 274 g/mol. The van der Waals surface area contributed by atoms with Gasteiger partial charge >= 0.3 is 0 Å². The first-order chi connectivity index (χ1) is 9.58. The van der Waals surface area contributed by atoms with Crippen molar-refractivity contribution in [2.24, 2.45) is 17.6 Å². The van der Waals surface area contributed by atoms with E-state index in [1.54, 1.807) is 0 Å². The van der Waals surface area contributed by atoms with Crippen LogP contribution in [0, 0.1) is 11.8 Å². The van der Waals surface area contributed by atoms with Crippen molar-refractivity contribution < 1.29 is 4.79 Å². The SMILES string of the molecule is CC1CCCC(NC(=O)[C@H](N)Cc2ccccc2)C1C. The summed E-state index contributed by atoms with van der Waals surface area (Å²) in [7, 11) is 0. The third-order valence-corrected chi connectivity index (χ3v) is 4.67. The van der Waals surface area contributed by atoms with Crippen LogP contribution in [0.2, 0.25) is 0 Å². The molecule has 3 heteroatoms. The van der Waals surface area contributed by atoms with Gasteiger partial charge in [-0.05, 0) is 30.2 Å². The predicted molar refractivity (Wildman–Crippen MR) is 82.2 cm³/mol. The summed E-state index contributed by atoms with van der Waals surface area (Å²) in [6.45, 7) is 4.50. The van der Waals surface area contributed by atoms with Gasteiger partial charge in [0.05, 0.1) is 6.04 Å². The number of nitrogens with one attached hydrogen (secondary N) is 1. The van der Waals surface area contributed by atoms with Gasteiger partial charge in [-0.25, -0.2) is 0 Å². The molecule has 1 saturated carbocycles. The Hall–Kier alpha value is -1.35. The first-order valence-corrected chi connectivity index (χ1v) is 7.68. The standard InChI is InChI=1S/C17H26N2O/c1-12-7-6-10-16(13(12)2)19-17(20)15(18)11-14-8-4-3-5-9-14/h3-5,8-9,12-13,15-16H,6-7,10-11,18H2,1-2H3,(H,19,20)/t12?,13?,15-,16?/m1/s1. The summed E-state index contributed by atoms with van der Waals surface area (Å²) in [5, 5.41) is 3.16. The first kappa shape index (κ1) is 15.0. The Kier molecular flexibility index (Phi) is 5.18. The zero-order valence-electron chi connectivity index (χ0n) is 12.5. The van der Waals surface area contributed by atoms with Gasteiger partial charge in [-0.15, -0.1) is 0 Å². The molecule has 0 saturated heterocycles. The fraction of sp³-hybridized carbons (Fsp3) is 0.588. The Labute approximate surface area is 121 Å². The summed E-state index contributed by atoms with van der Waals surface area (Å²) in [6, 6.07) is 9.78. The molecule has 20 heavy (non-hydrogen) atoms. The van der Waals surface area contributed by atoms with Crippen LogP contribution in [-0.2, 0) is 11.2 Å². The third-order valence-electron chi connectivity index (χ3n) is 4.67. The van der Waals surface area contributed by atoms with E-state index in [1.807, 2.05) is 30.3 Å². The maximum absolute atomic E-state index is 12.2. The van der Waals surface area contributed by atoms with Gasteiger partial charge in [0.2, 0.25) is 5.91 Å². The van der Waals surface area contributed by atoms with Crippen molar-refractivity contribution in [1.82, 2.24) is 5.32 Å². The van der Waals surface area contributed by atoms with Crippen molar-refractivity contribution in [3.05, 3.63) is 35.9 Å². The quantitative estimate of drug-likeness (QED) is 0.886. The molecule has 1 fully saturated rings. The maximum Gasteiger partial charge on any atom is 0.237 e. The minimum atomic E-state index is -0.457. The van der Waals surface area contributed by atoms with Crippen LogP contribution in [-0.4, -0.2) is 18.0 Å². The number of hydrogen-bond donors (Lipinski definition) is 2. The van der Waals surface area contributed by atoms with Gasteiger partial charge in [0, 0.05) is 6.04 Å². The largest absolute Gasteiger partial charge is 0.352 e. The molecule has 2 rings (SSSR count). The van der Waals surface area contributed by atoms with Gasteiger partial charge in [0.25, 0.3) is 0 Å². The minimum absolute atomic E-state index is 0.0141. The molecular weight excluding hydrogens is 248 g/mol. The van der Waals surface area contributed by atoms with Crippen molar-refractivity contribution in [3.63, 3.8) is 0 Å². The Morgan fingerprint density at radius 3 is 2.70 bits per heavy atom. The number of rotatable bonds is 4. The molecule has 1 aromatic carbocycles. The number of carbonyl (C=O) groups excluding carboxylic acids is 1. The number of hydrogen-bond acceptors (Lipinski definition) is 2. The van der Waals surface area contributed by atoms with Gasteiger partial charge in [-0.2, -0.15) is 0 Å². The average Bonchev–Trinajstić information content (AvgIpc) is 2.45. The number of amides is 1. The Balaban J connectivity index is 1.87. The molecule has 4 atom stereocenters. The van der Waals surface area contributed by atoms with Crippen LogP contribution in [0.5, 0.6) is 0 Å². The monoisotopic (exact) mass is 274 g/mol. The molecule has 3 unspecified atom stereocenters. The summed E-state index contributed by atoms with van der Waals surface area (Å²) in [6.07, 6.45) is 4.15. The molecule has 1 aromatic rings. The summed E-state index contributed by atoms with van der Waals surface area (Å²) < 4.78 is 0. The van der Waals surface area contributed by atoms with Gasteiger partial charge in [0.15, 0.2) is 0 Å². The topological polar surface area (TPSA) is 55.1 Å². The summed E-state index contributed by atoms with van der Waals surface area (Å²) in [5.41, 5.74) is 7.15. The molecular formula is C17H26N2O. The minimum Gasteiger partial charge on any atom is -0.352 e. The van der Waals surface area contributed by atoms with E-state index < -0.39 is 6.04 Å². The van der Waals surface area contributed by atoms with Crippen LogP contribution in [0.3, 0.4) is 0 Å². The van der Waals surface area contributed by atoms with E-state index in [2.05, 4.69) is 19.2 Å². The third kappa shape index (κ3) is 3.83. The van der Waals surface area contributed by atoms with Crippen molar-refractivity contribution in [2.45, 2.75) is 51.6 Å². The molecule has 3 N–H and O–H groups in total. The van der Waals surface area contributed by atoms with E-state index in [0.29, 0.717) is 18.3 Å². The van der Waals surface area contributed by atoms with Crippen LogP contribution < -0.4 is 11.1 Å². The van der Waals surface area contributed by atoms with Crippen LogP contribution in [0.25, 0.3) is 0 Å². The normalized spacial score (nSPS) is 27.9. The van der Waals surface area contributed by atoms with Gasteiger partial charge in [-0.3, -0.25) is 4.79 Å². The van der Waals surface area contributed by atoms with E-state index in [0.717, 1.165) is 12.0 Å². The fourth-order valence-corrected chi connectivity index (χ4v) is 3.04. The highest BCUT2D eigenvalue weighted by atomic mass is 16.2. The van der Waals surface area contributed by atoms with Crippen LogP contribution in [0.1, 0.15) is 38.7 Å². The van der Waals surface area contributed by atoms with E-state index in [4.69, 9.17) is 5.73 Å². The molecule has 1 aliphatic rings. The van der Waals surface area contributed by atoms with E-state index in [-0.39, 0.29) is 11.9 Å². The molecule has 1 aliphatic carbocycles. The number of nitrogens with two attached hydrogens (primary N) is 1. The highest BCUT2D eigenvalue weighted by Crippen LogP contribution is 2.29. The summed E-state index contributed by atoms with van der Waals surface area (Å²) in [5.74, 6) is 1.20. The van der Waals surface area contributed by atoms with E-state index in [1.165, 1.54) is 12.8 Å². The predicted octanol–water partition coefficient (Wildman–Crippen LogP) is 2.50. The molecule has 0 radical (unpaired) electrons. The second-order valence-electron chi connectivity index (χ2n) is 6.18. The molecule has 0 bridgehead atoms. The second kappa shape index (κ2) is 6.89. The van der Waals surface area contributed by atoms with E-state index in [9.17, 15) is 4.79 Å². The Bertz CT molecular complexity index is 432. The van der Waals surface area contributed by atoms with Crippen molar-refractivity contribution in [3.8, 4) is 0 Å². The lowest BCUT2D eigenvalue weighted by Crippen LogP contribution is -2.50. The molecule has 0 spiro atoms. The summed E-state index contributed by atoms with van der Waals surface area (Å²) >= 11 is 0. The van der Waals surface area contributed by atoms with Crippen LogP contribution >= 0.6 is 0 Å². The zero-order chi connectivity index (χ0) is 14.5.